The average Bonchev–Trinajstić information content (AvgIpc) is 3.21. The second kappa shape index (κ2) is 7.08. The number of rotatable bonds is 7. The Labute approximate surface area is 136 Å². The minimum atomic E-state index is 0.0413. The van der Waals surface area contributed by atoms with Crippen LogP contribution in [0.4, 0.5) is 0 Å². The Morgan fingerprint density at radius 3 is 2.83 bits per heavy atom. The molecule has 1 aromatic carbocycles. The highest BCUT2D eigenvalue weighted by molar-refractivity contribution is 5.79. The number of aliphatic hydroxyl groups is 1. The van der Waals surface area contributed by atoms with E-state index in [4.69, 9.17) is 9.47 Å². The van der Waals surface area contributed by atoms with Crippen LogP contribution in [0, 0.1) is 5.41 Å². The second-order valence-electron chi connectivity index (χ2n) is 6.22. The average molecular weight is 319 g/mol. The first-order valence-corrected chi connectivity index (χ1v) is 8.26. The molecule has 0 spiro atoms. The predicted molar refractivity (Wildman–Crippen MR) is 89.0 cm³/mol. The topological polar surface area (TPSA) is 75.1 Å². The summed E-state index contributed by atoms with van der Waals surface area (Å²) in [5, 5.41) is 16.0. The number of aliphatic imine (C=N–C) groups is 1. The number of hydrogen-bond acceptors (Lipinski definition) is 4. The van der Waals surface area contributed by atoms with E-state index in [1.165, 1.54) is 5.56 Å². The number of ether oxygens (including phenoxy) is 2. The molecule has 0 radical (unpaired) electrons. The Hall–Kier alpha value is -1.95. The van der Waals surface area contributed by atoms with E-state index < -0.39 is 0 Å². The van der Waals surface area contributed by atoms with Crippen molar-refractivity contribution in [1.82, 2.24) is 10.6 Å². The zero-order chi connectivity index (χ0) is 16.1. The van der Waals surface area contributed by atoms with Crippen molar-refractivity contribution in [1.29, 1.82) is 0 Å². The molecule has 3 rings (SSSR count). The molecule has 0 bridgehead atoms. The maximum absolute atomic E-state index is 9.37. The lowest BCUT2D eigenvalue weighted by atomic mass is 10.1. The quantitative estimate of drug-likeness (QED) is 0.521. The van der Waals surface area contributed by atoms with Gasteiger partial charge >= 0.3 is 0 Å². The third kappa shape index (κ3) is 4.07. The van der Waals surface area contributed by atoms with Gasteiger partial charge in [0.25, 0.3) is 0 Å². The smallest absolute Gasteiger partial charge is 0.231 e. The molecular formula is C17H25N3O3. The number of aliphatic hydroxyl groups excluding tert-OH is 1. The van der Waals surface area contributed by atoms with Crippen molar-refractivity contribution in [3.63, 3.8) is 0 Å². The number of nitrogens with one attached hydrogen (secondary N) is 2. The second-order valence-corrected chi connectivity index (χ2v) is 6.22. The number of fused-ring (bicyclic) bond motifs is 1. The van der Waals surface area contributed by atoms with Crippen LogP contribution in [0.15, 0.2) is 23.2 Å². The van der Waals surface area contributed by atoms with Crippen molar-refractivity contribution in [3.8, 4) is 11.5 Å². The van der Waals surface area contributed by atoms with Gasteiger partial charge in [0, 0.05) is 18.5 Å². The summed E-state index contributed by atoms with van der Waals surface area (Å²) in [5.74, 6) is 2.45. The molecular weight excluding hydrogens is 294 g/mol. The molecule has 6 nitrogen and oxygen atoms in total. The van der Waals surface area contributed by atoms with Gasteiger partial charge < -0.3 is 25.2 Å². The first-order valence-electron chi connectivity index (χ1n) is 8.26. The van der Waals surface area contributed by atoms with E-state index in [2.05, 4.69) is 21.7 Å². The highest BCUT2D eigenvalue weighted by Crippen LogP contribution is 2.45. The molecule has 6 heteroatoms. The molecule has 1 aromatic rings. The molecule has 1 aliphatic heterocycles. The lowest BCUT2D eigenvalue weighted by molar-refractivity contribution is 0.174. The van der Waals surface area contributed by atoms with E-state index >= 15 is 0 Å². The lowest BCUT2D eigenvalue weighted by Crippen LogP contribution is -2.38. The summed E-state index contributed by atoms with van der Waals surface area (Å²) < 4.78 is 10.7. The third-order valence-corrected chi connectivity index (χ3v) is 4.35. The van der Waals surface area contributed by atoms with E-state index in [1.54, 1.807) is 0 Å². The third-order valence-electron chi connectivity index (χ3n) is 4.35. The Balaban J connectivity index is 1.49. The maximum atomic E-state index is 9.37. The van der Waals surface area contributed by atoms with Gasteiger partial charge in [-0.2, -0.15) is 0 Å². The normalized spacial score (nSPS) is 17.9. The molecule has 0 atom stereocenters. The fraction of sp³-hybridized carbons (Fsp3) is 0.588. The molecule has 126 valence electrons. The van der Waals surface area contributed by atoms with E-state index in [0.29, 0.717) is 13.3 Å². The zero-order valence-corrected chi connectivity index (χ0v) is 13.6. The van der Waals surface area contributed by atoms with Crippen LogP contribution in [0.1, 0.15) is 25.3 Å². The fourth-order valence-corrected chi connectivity index (χ4v) is 2.55. The summed E-state index contributed by atoms with van der Waals surface area (Å²) in [6, 6.07) is 6.04. The van der Waals surface area contributed by atoms with Crippen LogP contribution in [0.2, 0.25) is 0 Å². The van der Waals surface area contributed by atoms with E-state index in [1.807, 2.05) is 19.1 Å². The predicted octanol–water partition coefficient (Wildman–Crippen LogP) is 1.29. The molecule has 1 heterocycles. The van der Waals surface area contributed by atoms with Crippen LogP contribution in [-0.2, 0) is 6.42 Å². The van der Waals surface area contributed by atoms with E-state index in [-0.39, 0.29) is 12.0 Å². The summed E-state index contributed by atoms with van der Waals surface area (Å²) in [5.41, 5.74) is 1.24. The monoisotopic (exact) mass is 319 g/mol. The van der Waals surface area contributed by atoms with Gasteiger partial charge in [-0.25, -0.2) is 0 Å². The minimum absolute atomic E-state index is 0.0413. The van der Waals surface area contributed by atoms with Gasteiger partial charge in [0.15, 0.2) is 17.5 Å². The van der Waals surface area contributed by atoms with Crippen LogP contribution in [-0.4, -0.2) is 44.1 Å². The molecule has 1 saturated carbocycles. The summed E-state index contributed by atoms with van der Waals surface area (Å²) >= 11 is 0. The summed E-state index contributed by atoms with van der Waals surface area (Å²) in [7, 11) is 0. The molecule has 2 aliphatic rings. The number of nitrogens with zero attached hydrogens (tertiary/aromatic N) is 1. The van der Waals surface area contributed by atoms with Gasteiger partial charge in [0.05, 0.1) is 13.2 Å². The Morgan fingerprint density at radius 1 is 1.26 bits per heavy atom. The van der Waals surface area contributed by atoms with E-state index in [9.17, 15) is 5.11 Å². The van der Waals surface area contributed by atoms with Crippen molar-refractivity contribution in [2.75, 3.05) is 33.0 Å². The highest BCUT2D eigenvalue weighted by Gasteiger charge is 2.41. The first-order chi connectivity index (χ1) is 11.2. The molecule has 1 aliphatic carbocycles. The van der Waals surface area contributed by atoms with Crippen molar-refractivity contribution in [2.45, 2.75) is 26.2 Å². The standard InChI is InChI=1S/C17H25N3O3/c1-2-18-16(20-10-17(11-21)6-7-17)19-8-5-13-3-4-14-15(9-13)23-12-22-14/h3-4,9,21H,2,5-8,10-12H2,1H3,(H2,18,19,20). The number of hydrogen-bond donors (Lipinski definition) is 3. The summed E-state index contributed by atoms with van der Waals surface area (Å²) in [4.78, 5) is 4.60. The summed E-state index contributed by atoms with van der Waals surface area (Å²) in [6.07, 6.45) is 3.03. The Kier molecular flexibility index (Phi) is 4.91. The molecule has 0 amide bonds. The Morgan fingerprint density at radius 2 is 2.09 bits per heavy atom. The lowest BCUT2D eigenvalue weighted by Gasteiger charge is -2.13. The maximum Gasteiger partial charge on any atom is 0.231 e. The van der Waals surface area contributed by atoms with Gasteiger partial charge in [0.2, 0.25) is 6.79 Å². The minimum Gasteiger partial charge on any atom is -0.454 e. The molecule has 0 aromatic heterocycles. The van der Waals surface area contributed by atoms with Crippen molar-refractivity contribution in [3.05, 3.63) is 23.8 Å². The number of benzene rings is 1. The van der Waals surface area contributed by atoms with Gasteiger partial charge in [-0.05, 0) is 43.9 Å². The molecule has 0 unspecified atom stereocenters. The SMILES string of the molecule is CCNC(=NCC1(CO)CC1)NCCc1ccc2c(c1)OCO2. The first kappa shape index (κ1) is 15.9. The van der Waals surface area contributed by atoms with Crippen LogP contribution >= 0.6 is 0 Å². The van der Waals surface area contributed by atoms with Gasteiger partial charge in [-0.1, -0.05) is 6.07 Å². The molecule has 3 N–H and O–H groups in total. The largest absolute Gasteiger partial charge is 0.454 e. The van der Waals surface area contributed by atoms with E-state index in [0.717, 1.165) is 49.8 Å². The summed E-state index contributed by atoms with van der Waals surface area (Å²) in [6.45, 7) is 4.88. The van der Waals surface area contributed by atoms with Crippen LogP contribution in [0.5, 0.6) is 11.5 Å². The molecule has 0 saturated heterocycles. The van der Waals surface area contributed by atoms with Gasteiger partial charge in [0.1, 0.15) is 0 Å². The zero-order valence-electron chi connectivity index (χ0n) is 13.6. The van der Waals surface area contributed by atoms with Crippen LogP contribution in [0.3, 0.4) is 0 Å². The van der Waals surface area contributed by atoms with Crippen molar-refractivity contribution < 1.29 is 14.6 Å². The Bertz CT molecular complexity index is 570. The van der Waals surface area contributed by atoms with Crippen molar-refractivity contribution in [2.24, 2.45) is 10.4 Å². The highest BCUT2D eigenvalue weighted by atomic mass is 16.7. The molecule has 23 heavy (non-hydrogen) atoms. The van der Waals surface area contributed by atoms with Crippen LogP contribution in [0.25, 0.3) is 0 Å². The van der Waals surface area contributed by atoms with Gasteiger partial charge in [-0.3, -0.25) is 4.99 Å². The van der Waals surface area contributed by atoms with Crippen LogP contribution < -0.4 is 20.1 Å². The molecule has 1 fully saturated rings. The van der Waals surface area contributed by atoms with Crippen molar-refractivity contribution >= 4 is 5.96 Å². The number of guanidine groups is 1. The van der Waals surface area contributed by atoms with Gasteiger partial charge in [-0.15, -0.1) is 0 Å². The fourth-order valence-electron chi connectivity index (χ4n) is 2.55.